The predicted octanol–water partition coefficient (Wildman–Crippen LogP) is 3.77. The van der Waals surface area contributed by atoms with Gasteiger partial charge >= 0.3 is 5.97 Å². The lowest BCUT2D eigenvalue weighted by molar-refractivity contribution is 0.0697. The first-order chi connectivity index (χ1) is 8.56. The molecule has 18 heavy (non-hydrogen) atoms. The van der Waals surface area contributed by atoms with Crippen molar-refractivity contribution >= 4 is 17.6 Å². The van der Waals surface area contributed by atoms with Crippen LogP contribution in [0.3, 0.4) is 0 Å². The van der Waals surface area contributed by atoms with Crippen molar-refractivity contribution in [1.29, 1.82) is 0 Å². The number of carboxylic acid groups (broad SMARTS) is 1. The number of hydrogen-bond acceptors (Lipinski definition) is 1. The Bertz CT molecular complexity index is 596. The first-order valence-electron chi connectivity index (χ1n) is 5.32. The van der Waals surface area contributed by atoms with Gasteiger partial charge < -0.3 is 5.11 Å². The fourth-order valence-corrected chi connectivity index (χ4v) is 1.90. The highest BCUT2D eigenvalue weighted by Crippen LogP contribution is 2.19. The first kappa shape index (κ1) is 12.6. The van der Waals surface area contributed by atoms with E-state index in [2.05, 4.69) is 0 Å². The van der Waals surface area contributed by atoms with E-state index in [1.807, 2.05) is 6.07 Å². The van der Waals surface area contributed by atoms with E-state index in [0.29, 0.717) is 6.42 Å². The molecular weight excluding hydrogens is 255 g/mol. The molecule has 92 valence electrons. The fraction of sp³-hybridized carbons (Fsp3) is 0.0714. The Hall–Kier alpha value is -1.87. The van der Waals surface area contributed by atoms with E-state index in [0.717, 1.165) is 11.1 Å². The molecule has 1 N–H and O–H groups in total. The van der Waals surface area contributed by atoms with Crippen molar-refractivity contribution in [2.75, 3.05) is 0 Å². The number of benzene rings is 2. The van der Waals surface area contributed by atoms with Crippen LogP contribution in [0.15, 0.2) is 42.5 Å². The smallest absolute Gasteiger partial charge is 0.335 e. The molecule has 0 radical (unpaired) electrons. The van der Waals surface area contributed by atoms with Crippen molar-refractivity contribution in [2.24, 2.45) is 0 Å². The summed E-state index contributed by atoms with van der Waals surface area (Å²) in [6.07, 6.45) is 0.515. The molecule has 0 fully saturated rings. The number of rotatable bonds is 3. The average Bonchev–Trinajstić information content (AvgIpc) is 2.34. The Kier molecular flexibility index (Phi) is 3.63. The SMILES string of the molecule is O=C(O)c1cccc(Cc2ccc(F)c(Cl)c2)c1. The molecular formula is C14H10ClFO2. The molecule has 0 amide bonds. The van der Waals surface area contributed by atoms with Gasteiger partial charge in [-0.3, -0.25) is 0 Å². The van der Waals surface area contributed by atoms with Gasteiger partial charge in [0.25, 0.3) is 0 Å². The first-order valence-corrected chi connectivity index (χ1v) is 5.70. The Morgan fingerprint density at radius 2 is 1.89 bits per heavy atom. The van der Waals surface area contributed by atoms with Crippen LogP contribution < -0.4 is 0 Å². The van der Waals surface area contributed by atoms with Gasteiger partial charge in [-0.25, -0.2) is 9.18 Å². The molecule has 2 aromatic carbocycles. The van der Waals surface area contributed by atoms with Gasteiger partial charge in [-0.2, -0.15) is 0 Å². The van der Waals surface area contributed by atoms with Gasteiger partial charge in [0.15, 0.2) is 0 Å². The average molecular weight is 265 g/mol. The van der Waals surface area contributed by atoms with E-state index < -0.39 is 11.8 Å². The van der Waals surface area contributed by atoms with Gasteiger partial charge in [0.1, 0.15) is 5.82 Å². The summed E-state index contributed by atoms with van der Waals surface area (Å²) >= 11 is 5.69. The number of halogens is 2. The van der Waals surface area contributed by atoms with E-state index in [4.69, 9.17) is 16.7 Å². The highest BCUT2D eigenvalue weighted by Gasteiger charge is 2.05. The molecule has 0 saturated carbocycles. The lowest BCUT2D eigenvalue weighted by atomic mass is 10.0. The highest BCUT2D eigenvalue weighted by atomic mass is 35.5. The Balaban J connectivity index is 2.25. The number of carbonyl (C=O) groups is 1. The van der Waals surface area contributed by atoms with E-state index in [-0.39, 0.29) is 10.6 Å². The monoisotopic (exact) mass is 264 g/mol. The highest BCUT2D eigenvalue weighted by molar-refractivity contribution is 6.30. The molecule has 2 nitrogen and oxygen atoms in total. The normalized spacial score (nSPS) is 10.3. The van der Waals surface area contributed by atoms with Gasteiger partial charge in [0.2, 0.25) is 0 Å². The summed E-state index contributed by atoms with van der Waals surface area (Å²) in [5.41, 5.74) is 1.92. The lowest BCUT2D eigenvalue weighted by Crippen LogP contribution is -1.97. The zero-order valence-corrected chi connectivity index (χ0v) is 10.1. The van der Waals surface area contributed by atoms with Crippen molar-refractivity contribution in [3.63, 3.8) is 0 Å². The Morgan fingerprint density at radius 1 is 1.17 bits per heavy atom. The van der Waals surface area contributed by atoms with E-state index >= 15 is 0 Å². The third kappa shape index (κ3) is 2.87. The molecule has 4 heteroatoms. The van der Waals surface area contributed by atoms with Crippen LogP contribution in [0, 0.1) is 5.82 Å². The minimum atomic E-state index is -0.964. The van der Waals surface area contributed by atoms with Gasteiger partial charge in [-0.1, -0.05) is 29.8 Å². The molecule has 0 aliphatic carbocycles. The molecule has 2 aromatic rings. The minimum Gasteiger partial charge on any atom is -0.478 e. The van der Waals surface area contributed by atoms with Crippen LogP contribution >= 0.6 is 11.6 Å². The molecule has 0 heterocycles. The second kappa shape index (κ2) is 5.19. The summed E-state index contributed by atoms with van der Waals surface area (Å²) in [5, 5.41) is 8.96. The molecule has 0 bridgehead atoms. The Morgan fingerprint density at radius 3 is 2.56 bits per heavy atom. The minimum absolute atomic E-state index is 0.0712. The van der Waals surface area contributed by atoms with E-state index in [1.165, 1.54) is 12.1 Å². The van der Waals surface area contributed by atoms with Crippen LogP contribution in [0.2, 0.25) is 5.02 Å². The zero-order chi connectivity index (χ0) is 13.1. The molecule has 2 rings (SSSR count). The van der Waals surface area contributed by atoms with Crippen LogP contribution in [0.25, 0.3) is 0 Å². The van der Waals surface area contributed by atoms with Crippen LogP contribution in [0.5, 0.6) is 0 Å². The molecule has 0 spiro atoms. The van der Waals surface area contributed by atoms with Gasteiger partial charge in [0.05, 0.1) is 10.6 Å². The summed E-state index contributed by atoms with van der Waals surface area (Å²) in [6, 6.07) is 11.1. The maximum absolute atomic E-state index is 13.0. The van der Waals surface area contributed by atoms with Gasteiger partial charge in [-0.15, -0.1) is 0 Å². The third-order valence-corrected chi connectivity index (χ3v) is 2.86. The van der Waals surface area contributed by atoms with Crippen LogP contribution in [-0.4, -0.2) is 11.1 Å². The van der Waals surface area contributed by atoms with E-state index in [9.17, 15) is 9.18 Å². The quantitative estimate of drug-likeness (QED) is 0.916. The summed E-state index contributed by atoms with van der Waals surface area (Å²) in [7, 11) is 0. The Labute approximate surface area is 109 Å². The van der Waals surface area contributed by atoms with Crippen molar-refractivity contribution in [2.45, 2.75) is 6.42 Å². The van der Waals surface area contributed by atoms with Crippen molar-refractivity contribution in [3.8, 4) is 0 Å². The second-order valence-corrected chi connectivity index (χ2v) is 4.34. The topological polar surface area (TPSA) is 37.3 Å². The zero-order valence-electron chi connectivity index (χ0n) is 9.36. The molecule has 0 aliphatic rings. The van der Waals surface area contributed by atoms with Crippen molar-refractivity contribution < 1.29 is 14.3 Å². The summed E-state index contributed by atoms with van der Waals surface area (Å²) in [5.74, 6) is -1.42. The summed E-state index contributed by atoms with van der Waals surface area (Å²) < 4.78 is 13.0. The number of aromatic carboxylic acids is 1. The molecule has 0 atom stereocenters. The molecule has 0 unspecified atom stereocenters. The van der Waals surface area contributed by atoms with Gasteiger partial charge in [0, 0.05) is 0 Å². The van der Waals surface area contributed by atoms with Gasteiger partial charge in [-0.05, 0) is 41.8 Å². The van der Waals surface area contributed by atoms with Crippen molar-refractivity contribution in [3.05, 3.63) is 70.0 Å². The predicted molar refractivity (Wildman–Crippen MR) is 67.6 cm³/mol. The third-order valence-electron chi connectivity index (χ3n) is 2.57. The number of hydrogen-bond donors (Lipinski definition) is 1. The molecule has 0 saturated heterocycles. The number of carboxylic acids is 1. The van der Waals surface area contributed by atoms with E-state index in [1.54, 1.807) is 24.3 Å². The maximum atomic E-state index is 13.0. The van der Waals surface area contributed by atoms with Crippen LogP contribution in [0.4, 0.5) is 4.39 Å². The fourth-order valence-electron chi connectivity index (χ4n) is 1.70. The standard InChI is InChI=1S/C14H10ClFO2/c15-12-8-10(4-5-13(12)16)6-9-2-1-3-11(7-9)14(17)18/h1-5,7-8H,6H2,(H,17,18). The molecule has 0 aliphatic heterocycles. The second-order valence-electron chi connectivity index (χ2n) is 3.93. The van der Waals surface area contributed by atoms with Crippen molar-refractivity contribution in [1.82, 2.24) is 0 Å². The maximum Gasteiger partial charge on any atom is 0.335 e. The summed E-state index contributed by atoms with van der Waals surface area (Å²) in [4.78, 5) is 10.8. The van der Waals surface area contributed by atoms with Crippen LogP contribution in [-0.2, 0) is 6.42 Å². The largest absolute Gasteiger partial charge is 0.478 e. The lowest BCUT2D eigenvalue weighted by Gasteiger charge is -2.04. The van der Waals surface area contributed by atoms with Crippen LogP contribution in [0.1, 0.15) is 21.5 Å². The summed E-state index contributed by atoms with van der Waals surface area (Å²) in [6.45, 7) is 0. The molecule has 0 aromatic heterocycles.